The molecule has 8 nitrogen and oxygen atoms in total. The zero-order chi connectivity index (χ0) is 23.6. The Hall–Kier alpha value is -2.78. The minimum atomic E-state index is -0.877. The number of hydrogen-bond acceptors (Lipinski definition) is 8. The molecule has 33 heavy (non-hydrogen) atoms. The Kier molecular flexibility index (Phi) is 9.38. The number of methoxy groups -OCH3 is 1. The molecule has 0 spiro atoms. The number of benzene rings is 2. The quantitative estimate of drug-likeness (QED) is 0.502. The molecular formula is C25H30O8. The van der Waals surface area contributed by atoms with Crippen LogP contribution in [0.2, 0.25) is 0 Å². The van der Waals surface area contributed by atoms with Crippen molar-refractivity contribution in [3.05, 3.63) is 71.8 Å². The van der Waals surface area contributed by atoms with Gasteiger partial charge in [0.05, 0.1) is 13.2 Å². The summed E-state index contributed by atoms with van der Waals surface area (Å²) < 4.78 is 34.7. The van der Waals surface area contributed by atoms with Crippen molar-refractivity contribution in [1.82, 2.24) is 0 Å². The molecule has 0 radical (unpaired) electrons. The van der Waals surface area contributed by atoms with Crippen LogP contribution in [0.4, 0.5) is 0 Å². The fraction of sp³-hybridized carbons (Fsp3) is 0.440. The van der Waals surface area contributed by atoms with Crippen molar-refractivity contribution in [2.24, 2.45) is 0 Å². The Balaban J connectivity index is 1.86. The van der Waals surface area contributed by atoms with E-state index in [4.69, 9.17) is 28.4 Å². The molecule has 2 aromatic carbocycles. The predicted molar refractivity (Wildman–Crippen MR) is 118 cm³/mol. The van der Waals surface area contributed by atoms with Gasteiger partial charge in [-0.05, 0) is 11.1 Å². The van der Waals surface area contributed by atoms with Gasteiger partial charge in [-0.2, -0.15) is 0 Å². The van der Waals surface area contributed by atoms with Crippen LogP contribution < -0.4 is 0 Å². The third-order valence-corrected chi connectivity index (χ3v) is 5.15. The second kappa shape index (κ2) is 12.5. The fourth-order valence-corrected chi connectivity index (χ4v) is 3.63. The van der Waals surface area contributed by atoms with E-state index in [2.05, 4.69) is 0 Å². The monoisotopic (exact) mass is 458 g/mol. The number of rotatable bonds is 10. The highest BCUT2D eigenvalue weighted by atomic mass is 16.7. The normalized spacial score (nSPS) is 24.8. The molecule has 8 heteroatoms. The van der Waals surface area contributed by atoms with Gasteiger partial charge in [0, 0.05) is 21.0 Å². The Morgan fingerprint density at radius 3 is 1.82 bits per heavy atom. The van der Waals surface area contributed by atoms with Gasteiger partial charge in [-0.25, -0.2) is 0 Å². The molecule has 0 aliphatic carbocycles. The first-order chi connectivity index (χ1) is 16.0. The van der Waals surface area contributed by atoms with E-state index in [-0.39, 0.29) is 19.8 Å². The van der Waals surface area contributed by atoms with Crippen LogP contribution in [0.5, 0.6) is 0 Å². The van der Waals surface area contributed by atoms with Crippen molar-refractivity contribution in [1.29, 1.82) is 0 Å². The van der Waals surface area contributed by atoms with Gasteiger partial charge in [0.15, 0.2) is 12.4 Å². The maximum absolute atomic E-state index is 11.9. The van der Waals surface area contributed by atoms with Gasteiger partial charge in [-0.1, -0.05) is 60.7 Å². The van der Waals surface area contributed by atoms with Crippen molar-refractivity contribution < 1.29 is 38.0 Å². The minimum Gasteiger partial charge on any atom is -0.463 e. The molecule has 0 unspecified atom stereocenters. The maximum Gasteiger partial charge on any atom is 0.303 e. The average molecular weight is 459 g/mol. The fourth-order valence-electron chi connectivity index (χ4n) is 3.63. The summed E-state index contributed by atoms with van der Waals surface area (Å²) >= 11 is 0. The summed E-state index contributed by atoms with van der Waals surface area (Å²) in [5.74, 6) is -0.985. The molecule has 5 atom stereocenters. The van der Waals surface area contributed by atoms with Crippen LogP contribution in [-0.2, 0) is 51.2 Å². The first-order valence-corrected chi connectivity index (χ1v) is 10.8. The highest BCUT2D eigenvalue weighted by molar-refractivity contribution is 5.66. The molecule has 1 fully saturated rings. The zero-order valence-electron chi connectivity index (χ0n) is 19.0. The first kappa shape index (κ1) is 24.9. The van der Waals surface area contributed by atoms with E-state index in [9.17, 15) is 9.59 Å². The van der Waals surface area contributed by atoms with Gasteiger partial charge in [-0.15, -0.1) is 0 Å². The molecule has 1 aliphatic rings. The summed E-state index contributed by atoms with van der Waals surface area (Å²) in [4.78, 5) is 23.3. The number of esters is 2. The van der Waals surface area contributed by atoms with Crippen LogP contribution in [0.25, 0.3) is 0 Å². The lowest BCUT2D eigenvalue weighted by Crippen LogP contribution is -2.62. The van der Waals surface area contributed by atoms with E-state index < -0.39 is 42.6 Å². The Morgan fingerprint density at radius 2 is 1.33 bits per heavy atom. The summed E-state index contributed by atoms with van der Waals surface area (Å²) in [5.41, 5.74) is 1.90. The largest absolute Gasteiger partial charge is 0.463 e. The molecular weight excluding hydrogens is 428 g/mol. The van der Waals surface area contributed by atoms with Crippen molar-refractivity contribution >= 4 is 11.9 Å². The zero-order valence-corrected chi connectivity index (χ0v) is 19.0. The number of carbonyl (C=O) groups excluding carboxylic acids is 2. The van der Waals surface area contributed by atoms with Crippen molar-refractivity contribution in [2.75, 3.05) is 13.7 Å². The van der Waals surface area contributed by atoms with E-state index in [1.54, 1.807) is 0 Å². The first-order valence-electron chi connectivity index (χ1n) is 10.8. The highest BCUT2D eigenvalue weighted by Crippen LogP contribution is 2.30. The second-order valence-corrected chi connectivity index (χ2v) is 7.68. The van der Waals surface area contributed by atoms with Gasteiger partial charge < -0.3 is 28.4 Å². The lowest BCUT2D eigenvalue weighted by Gasteiger charge is -2.44. The molecule has 0 bridgehead atoms. The van der Waals surface area contributed by atoms with Crippen molar-refractivity contribution in [3.63, 3.8) is 0 Å². The van der Waals surface area contributed by atoms with Gasteiger partial charge >= 0.3 is 11.9 Å². The van der Waals surface area contributed by atoms with Gasteiger partial charge in [0.2, 0.25) is 0 Å². The van der Waals surface area contributed by atoms with Crippen LogP contribution in [0.3, 0.4) is 0 Å². The van der Waals surface area contributed by atoms with E-state index >= 15 is 0 Å². The minimum absolute atomic E-state index is 0.121. The summed E-state index contributed by atoms with van der Waals surface area (Å²) in [7, 11) is 1.49. The highest BCUT2D eigenvalue weighted by Gasteiger charge is 2.50. The van der Waals surface area contributed by atoms with Crippen molar-refractivity contribution in [3.8, 4) is 0 Å². The van der Waals surface area contributed by atoms with Gasteiger partial charge in [0.25, 0.3) is 0 Å². The summed E-state index contributed by atoms with van der Waals surface area (Å²) in [5, 5.41) is 0. The van der Waals surface area contributed by atoms with E-state index in [0.717, 1.165) is 11.1 Å². The lowest BCUT2D eigenvalue weighted by molar-refractivity contribution is -0.316. The van der Waals surface area contributed by atoms with E-state index in [0.29, 0.717) is 0 Å². The smallest absolute Gasteiger partial charge is 0.303 e. The Morgan fingerprint density at radius 1 is 0.788 bits per heavy atom. The third kappa shape index (κ3) is 7.36. The molecule has 0 N–H and O–H groups in total. The molecule has 0 saturated carbocycles. The number of ether oxygens (including phenoxy) is 6. The standard InChI is InChI=1S/C25H30O8/c1-17(26)29-16-21-22(32-18(2)27)23(30-14-19-10-6-4-7-11-19)24(25(28-3)33-21)31-15-20-12-8-5-9-13-20/h4-13,21-25H,14-16H2,1-3H3/t21-,22-,23+,24-,25+/m1/s1. The molecule has 1 heterocycles. The topological polar surface area (TPSA) is 89.5 Å². The maximum atomic E-state index is 11.9. The SMILES string of the molecule is CO[C@H]1O[C@H](COC(C)=O)[C@@H](OC(C)=O)[C@H](OCc2ccccc2)[C@H]1OCc1ccccc1. The third-order valence-electron chi connectivity index (χ3n) is 5.15. The number of hydrogen-bond donors (Lipinski definition) is 0. The van der Waals surface area contributed by atoms with Gasteiger partial charge in [0.1, 0.15) is 24.9 Å². The lowest BCUT2D eigenvalue weighted by atomic mass is 9.98. The molecule has 0 amide bonds. The molecule has 178 valence electrons. The second-order valence-electron chi connectivity index (χ2n) is 7.68. The van der Waals surface area contributed by atoms with Crippen LogP contribution in [0.1, 0.15) is 25.0 Å². The van der Waals surface area contributed by atoms with Crippen LogP contribution in [-0.4, -0.2) is 56.4 Å². The molecule has 2 aromatic rings. The summed E-state index contributed by atoms with van der Waals surface area (Å²) in [6, 6.07) is 19.3. The van der Waals surface area contributed by atoms with Crippen LogP contribution in [0, 0.1) is 0 Å². The van der Waals surface area contributed by atoms with E-state index in [1.807, 2.05) is 60.7 Å². The average Bonchev–Trinajstić information content (AvgIpc) is 2.82. The van der Waals surface area contributed by atoms with Gasteiger partial charge in [-0.3, -0.25) is 9.59 Å². The Labute approximate surface area is 193 Å². The summed E-state index contributed by atoms with van der Waals surface area (Å²) in [6.45, 7) is 3.02. The molecule has 1 aliphatic heterocycles. The molecule has 0 aromatic heterocycles. The van der Waals surface area contributed by atoms with Crippen LogP contribution in [0.15, 0.2) is 60.7 Å². The van der Waals surface area contributed by atoms with Crippen molar-refractivity contribution in [2.45, 2.75) is 57.8 Å². The molecule has 1 saturated heterocycles. The van der Waals surface area contributed by atoms with Crippen LogP contribution >= 0.6 is 0 Å². The van der Waals surface area contributed by atoms with E-state index in [1.165, 1.54) is 21.0 Å². The Bertz CT molecular complexity index is 872. The summed E-state index contributed by atoms with van der Waals surface area (Å²) in [6.07, 6.45) is -3.95. The molecule has 3 rings (SSSR count). The number of carbonyl (C=O) groups is 2. The predicted octanol–water partition coefficient (Wildman–Crippen LogP) is 3.02.